The predicted octanol–water partition coefficient (Wildman–Crippen LogP) is -3.38. The minimum Gasteiger partial charge on any atom is -0.756 e. The predicted molar refractivity (Wildman–Crippen MR) is 58.0 cm³/mol. The van der Waals surface area contributed by atoms with E-state index in [9.17, 15) is 28.8 Å². The van der Waals surface area contributed by atoms with Crippen LogP contribution in [0.1, 0.15) is 0 Å². The summed E-state index contributed by atoms with van der Waals surface area (Å²) in [6.45, 7) is -0.937. The number of esters is 1. The van der Waals surface area contributed by atoms with Gasteiger partial charge in [0.05, 0.1) is 6.61 Å². The van der Waals surface area contributed by atoms with Crippen LogP contribution in [0, 0.1) is 0 Å². The van der Waals surface area contributed by atoms with Gasteiger partial charge in [-0.25, -0.2) is 9.11 Å². The van der Waals surface area contributed by atoms with E-state index in [0.717, 1.165) is 0 Å². The third-order valence-electron chi connectivity index (χ3n) is 1.86. The maximum absolute atomic E-state index is 11.2. The number of ether oxygens (including phenoxy) is 1. The molecule has 1 rings (SSSR count). The van der Waals surface area contributed by atoms with Crippen molar-refractivity contribution in [2.24, 2.45) is 0 Å². The van der Waals surface area contributed by atoms with Gasteiger partial charge < -0.3 is 39.3 Å². The third-order valence-corrected chi connectivity index (χ3v) is 3.90. The van der Waals surface area contributed by atoms with Gasteiger partial charge >= 0.3 is 36.8 Å². The number of aliphatic hydroxyl groups excluding tert-OH is 3. The summed E-state index contributed by atoms with van der Waals surface area (Å²) in [4.78, 5) is 40.6. The van der Waals surface area contributed by atoms with Gasteiger partial charge in [-0.1, -0.05) is 0 Å². The second-order valence-electron chi connectivity index (χ2n) is 3.38. The Morgan fingerprint density at radius 2 is 1.90 bits per heavy atom. The smallest absolute Gasteiger partial charge is 0.756 e. The van der Waals surface area contributed by atoms with E-state index in [4.69, 9.17) is 15.1 Å². The fourth-order valence-corrected chi connectivity index (χ4v) is 2.69. The van der Waals surface area contributed by atoms with Crippen LogP contribution < -0.4 is 9.79 Å². The molecule has 0 radical (unpaired) electrons. The quantitative estimate of drug-likeness (QED) is 0.208. The first-order chi connectivity index (χ1) is 8.97. The summed E-state index contributed by atoms with van der Waals surface area (Å²) in [5.41, 5.74) is 0. The average molecular weight is 358 g/mol. The zero-order valence-corrected chi connectivity index (χ0v) is 13.2. The molecule has 0 spiro atoms. The van der Waals surface area contributed by atoms with Crippen molar-refractivity contribution >= 4 is 44.7 Å². The molecule has 0 aliphatic carbocycles. The number of phosphoric acid groups is 2. The van der Waals surface area contributed by atoms with E-state index in [0.29, 0.717) is 0 Å². The van der Waals surface area contributed by atoms with Gasteiger partial charge in [0.25, 0.3) is 13.6 Å². The largest absolute Gasteiger partial charge is 2.00 e. The molecule has 1 aliphatic rings. The van der Waals surface area contributed by atoms with Crippen LogP contribution in [-0.2, 0) is 27.5 Å². The minimum atomic E-state index is -5.74. The van der Waals surface area contributed by atoms with Crippen LogP contribution in [0.25, 0.3) is 0 Å². The first kappa shape index (κ1) is 20.8. The molecule has 0 aromatic heterocycles. The van der Waals surface area contributed by atoms with E-state index in [-0.39, 0.29) is 23.1 Å². The maximum atomic E-state index is 11.2. The Kier molecular flexibility index (Phi) is 7.30. The van der Waals surface area contributed by atoms with Gasteiger partial charge in [-0.3, -0.25) is 9.13 Å². The van der Waals surface area contributed by atoms with E-state index < -0.39 is 51.9 Å². The number of hydrogen-bond acceptors (Lipinski definition) is 11. The topological polar surface area (TPSA) is 206 Å². The monoisotopic (exact) mass is 358 g/mol. The Morgan fingerprint density at radius 3 is 2.33 bits per heavy atom. The molecular formula is C6H8MgO12P2. The van der Waals surface area contributed by atoms with Gasteiger partial charge in [0.1, 0.15) is 6.10 Å². The van der Waals surface area contributed by atoms with Gasteiger partial charge in [0.2, 0.25) is 0 Å². The first-order valence-electron chi connectivity index (χ1n) is 4.65. The Bertz CT molecular complexity index is 524. The molecule has 0 fully saturated rings. The van der Waals surface area contributed by atoms with Crippen LogP contribution in [0.4, 0.5) is 0 Å². The normalized spacial score (nSPS) is 25.4. The van der Waals surface area contributed by atoms with Gasteiger partial charge in [-0.2, -0.15) is 0 Å². The van der Waals surface area contributed by atoms with Crippen LogP contribution in [-0.4, -0.2) is 68.0 Å². The molecule has 4 atom stereocenters. The Balaban J connectivity index is 0.00000400. The van der Waals surface area contributed by atoms with Crippen molar-refractivity contribution in [1.29, 1.82) is 0 Å². The third kappa shape index (κ3) is 5.83. The zero-order valence-electron chi connectivity index (χ0n) is 10.0. The van der Waals surface area contributed by atoms with Crippen molar-refractivity contribution in [2.75, 3.05) is 6.61 Å². The van der Waals surface area contributed by atoms with Gasteiger partial charge in [-0.15, -0.1) is 0 Å². The number of carbonyl (C=O) groups excluding carboxylic acids is 1. The summed E-state index contributed by atoms with van der Waals surface area (Å²) in [5.74, 6) is -4.12. The van der Waals surface area contributed by atoms with Gasteiger partial charge in [0, 0.05) is 0 Å². The molecule has 21 heavy (non-hydrogen) atoms. The molecule has 0 bridgehead atoms. The Hall–Kier alpha value is -0.204. The molecule has 12 nitrogen and oxygen atoms in total. The summed E-state index contributed by atoms with van der Waals surface area (Å²) >= 11 is 0. The van der Waals surface area contributed by atoms with E-state index in [1.54, 1.807) is 0 Å². The number of aliphatic hydroxyl groups is 3. The minimum absolute atomic E-state index is 0. The summed E-state index contributed by atoms with van der Waals surface area (Å²) in [6, 6.07) is 0. The van der Waals surface area contributed by atoms with E-state index >= 15 is 0 Å². The molecular weight excluding hydrogens is 350 g/mol. The van der Waals surface area contributed by atoms with Crippen molar-refractivity contribution in [3.63, 3.8) is 0 Å². The summed E-state index contributed by atoms with van der Waals surface area (Å²) in [5, 5.41) is 27.2. The molecule has 0 aromatic carbocycles. The van der Waals surface area contributed by atoms with E-state index in [1.807, 2.05) is 0 Å². The molecule has 0 aromatic rings. The average Bonchev–Trinajstić information content (AvgIpc) is 2.52. The van der Waals surface area contributed by atoms with Crippen molar-refractivity contribution in [3.8, 4) is 0 Å². The Morgan fingerprint density at radius 1 is 1.38 bits per heavy atom. The molecule has 1 heterocycles. The fraction of sp³-hybridized carbons (Fsp3) is 0.500. The van der Waals surface area contributed by atoms with Crippen molar-refractivity contribution in [2.45, 2.75) is 12.2 Å². The number of carbonyl (C=O) groups is 1. The first-order valence-corrected chi connectivity index (χ1v) is 7.61. The van der Waals surface area contributed by atoms with Crippen LogP contribution in [0.5, 0.6) is 0 Å². The molecule has 1 aliphatic heterocycles. The molecule has 0 amide bonds. The van der Waals surface area contributed by atoms with Crippen molar-refractivity contribution in [3.05, 3.63) is 11.5 Å². The second kappa shape index (κ2) is 7.37. The van der Waals surface area contributed by atoms with Crippen LogP contribution >= 0.6 is 15.6 Å². The van der Waals surface area contributed by atoms with Crippen LogP contribution in [0.3, 0.4) is 0 Å². The molecule has 2 unspecified atom stereocenters. The number of cyclic esters (lactones) is 1. The summed E-state index contributed by atoms with van der Waals surface area (Å²) in [6.07, 6.45) is -3.56. The Labute approximate surface area is 133 Å². The van der Waals surface area contributed by atoms with Crippen LogP contribution in [0.15, 0.2) is 11.5 Å². The zero-order chi connectivity index (χ0) is 15.7. The van der Waals surface area contributed by atoms with Crippen molar-refractivity contribution in [1.82, 2.24) is 0 Å². The van der Waals surface area contributed by atoms with Gasteiger partial charge in [-0.05, 0) is 0 Å². The standard InChI is InChI=1S/C6H10O12P2.Mg/c7-1-2(8)4-3(9)5(6(10)16-4)17-20(14,15)18-19(11,12)13;/h2,4,7-9H,1H2,(H,14,15)(H2,11,12,13);/q;+2/p-2/t2-,4+;/m0./s1. The maximum Gasteiger partial charge on any atom is 2.00 e. The molecule has 0 saturated heterocycles. The second-order valence-corrected chi connectivity index (χ2v) is 6.05. The summed E-state index contributed by atoms with van der Waals surface area (Å²) < 4.78 is 32.6. The SMILES string of the molecule is O=C1O[C@H]([C@@H](O)CO)C(O)=C1OP(=O)([O-])OP(=O)([O-])O.[Mg+2]. The van der Waals surface area contributed by atoms with Crippen LogP contribution in [0.2, 0.25) is 0 Å². The number of phosphoric ester groups is 1. The number of hydrogen-bond donors (Lipinski definition) is 4. The molecule has 15 heteroatoms. The van der Waals surface area contributed by atoms with E-state index in [1.165, 1.54) is 0 Å². The fourth-order valence-electron chi connectivity index (χ4n) is 1.15. The van der Waals surface area contributed by atoms with E-state index in [2.05, 4.69) is 13.6 Å². The van der Waals surface area contributed by atoms with Crippen molar-refractivity contribution < 1.29 is 57.5 Å². The van der Waals surface area contributed by atoms with Gasteiger partial charge in [0.15, 0.2) is 11.9 Å². The molecule has 116 valence electrons. The molecule has 4 N–H and O–H groups in total. The molecule has 0 saturated carbocycles. The number of rotatable bonds is 6. The summed E-state index contributed by atoms with van der Waals surface area (Å²) in [7, 11) is -11.5.